The van der Waals surface area contributed by atoms with E-state index in [0.29, 0.717) is 12.8 Å². The van der Waals surface area contributed by atoms with Gasteiger partial charge in [0.2, 0.25) is 0 Å². The lowest BCUT2D eigenvalue weighted by Gasteiger charge is -2.12. The topological polar surface area (TPSA) is 37.3 Å². The minimum atomic E-state index is -0.786. The fourth-order valence-corrected chi connectivity index (χ4v) is 1.94. The first-order chi connectivity index (χ1) is 8.02. The Morgan fingerprint density at radius 3 is 2.53 bits per heavy atom. The molecule has 1 N–H and O–H groups in total. The predicted octanol–water partition coefficient (Wildman–Crippen LogP) is 4.23. The number of hydrogen-bond donors (Lipinski definition) is 1. The maximum Gasteiger partial charge on any atom is 0.307 e. The molecule has 0 aromatic heterocycles. The number of halogens is 2. The van der Waals surface area contributed by atoms with Crippen molar-refractivity contribution in [1.82, 2.24) is 0 Å². The van der Waals surface area contributed by atoms with Crippen LogP contribution in [0.3, 0.4) is 0 Å². The summed E-state index contributed by atoms with van der Waals surface area (Å²) in [6.07, 6.45) is 1.000. The fraction of sp³-hybridized carbons (Fsp3) is 0.308. The summed E-state index contributed by atoms with van der Waals surface area (Å²) in [5.74, 6) is -1.21. The molecule has 1 atom stereocenters. The van der Waals surface area contributed by atoms with Crippen molar-refractivity contribution in [2.45, 2.75) is 19.8 Å². The van der Waals surface area contributed by atoms with Crippen molar-refractivity contribution >= 4 is 33.5 Å². The van der Waals surface area contributed by atoms with E-state index in [4.69, 9.17) is 16.7 Å². The van der Waals surface area contributed by atoms with Crippen LogP contribution in [-0.4, -0.2) is 11.1 Å². The quantitative estimate of drug-likeness (QED) is 0.882. The van der Waals surface area contributed by atoms with E-state index in [0.717, 1.165) is 15.6 Å². The minimum absolute atomic E-state index is 0.425. The zero-order valence-electron chi connectivity index (χ0n) is 9.49. The summed E-state index contributed by atoms with van der Waals surface area (Å²) in [7, 11) is 0. The lowest BCUT2D eigenvalue weighted by Crippen LogP contribution is -2.16. The Kier molecular flexibility index (Phi) is 5.72. The van der Waals surface area contributed by atoms with Crippen LogP contribution < -0.4 is 0 Å². The van der Waals surface area contributed by atoms with Gasteiger partial charge in [0.05, 0.1) is 5.92 Å². The Hall–Kier alpha value is -0.800. The van der Waals surface area contributed by atoms with E-state index >= 15 is 0 Å². The van der Waals surface area contributed by atoms with Gasteiger partial charge in [-0.2, -0.15) is 0 Å². The number of carbonyl (C=O) groups is 1. The smallest absolute Gasteiger partial charge is 0.307 e. The summed E-state index contributed by atoms with van der Waals surface area (Å²) in [5.41, 5.74) is 3.34. The van der Waals surface area contributed by atoms with Crippen LogP contribution in [0.1, 0.15) is 18.9 Å². The summed E-state index contributed by atoms with van der Waals surface area (Å²) in [6, 6.07) is 7.69. The highest BCUT2D eigenvalue weighted by molar-refractivity contribution is 9.10. The summed E-state index contributed by atoms with van der Waals surface area (Å²) in [5, 5.41) is 9.15. The summed E-state index contributed by atoms with van der Waals surface area (Å²) in [4.78, 5) is 11.1. The molecule has 0 aliphatic heterocycles. The van der Waals surface area contributed by atoms with Crippen molar-refractivity contribution in [3.63, 3.8) is 0 Å². The highest BCUT2D eigenvalue weighted by Crippen LogP contribution is 2.19. The molecule has 0 radical (unpaired) electrons. The molecule has 0 saturated carbocycles. The van der Waals surface area contributed by atoms with E-state index < -0.39 is 11.9 Å². The molecule has 4 heteroatoms. The lowest BCUT2D eigenvalue weighted by molar-refractivity contribution is -0.141. The summed E-state index contributed by atoms with van der Waals surface area (Å²) < 4.78 is 0.991. The van der Waals surface area contributed by atoms with Gasteiger partial charge >= 0.3 is 5.97 Å². The number of aliphatic carboxylic acids is 1. The molecular formula is C13H14BrClO2. The molecule has 0 spiro atoms. The van der Waals surface area contributed by atoms with Crippen molar-refractivity contribution in [3.05, 3.63) is 45.4 Å². The number of allylic oxidation sites excluding steroid dienone is 1. The van der Waals surface area contributed by atoms with Crippen LogP contribution in [0.4, 0.5) is 0 Å². The average Bonchev–Trinajstić information content (AvgIpc) is 2.30. The van der Waals surface area contributed by atoms with Gasteiger partial charge in [-0.3, -0.25) is 4.79 Å². The molecule has 0 bridgehead atoms. The van der Waals surface area contributed by atoms with Crippen molar-refractivity contribution in [1.29, 1.82) is 0 Å². The fourth-order valence-electron chi connectivity index (χ4n) is 1.58. The average molecular weight is 318 g/mol. The molecule has 0 heterocycles. The van der Waals surface area contributed by atoms with Crippen LogP contribution in [0.15, 0.2) is 39.8 Å². The largest absolute Gasteiger partial charge is 0.481 e. The molecule has 1 unspecified atom stereocenters. The van der Waals surface area contributed by atoms with Gasteiger partial charge in [0.25, 0.3) is 0 Å². The van der Waals surface area contributed by atoms with E-state index in [2.05, 4.69) is 15.9 Å². The van der Waals surface area contributed by atoms with Gasteiger partial charge in [-0.25, -0.2) is 0 Å². The highest BCUT2D eigenvalue weighted by atomic mass is 79.9. The van der Waals surface area contributed by atoms with Gasteiger partial charge in [0.1, 0.15) is 0 Å². The third-order valence-electron chi connectivity index (χ3n) is 2.50. The van der Waals surface area contributed by atoms with Crippen LogP contribution >= 0.6 is 27.5 Å². The van der Waals surface area contributed by atoms with E-state index in [1.807, 2.05) is 31.2 Å². The number of carboxylic acids is 1. The summed E-state index contributed by atoms with van der Waals surface area (Å²) >= 11 is 8.91. The molecule has 1 rings (SSSR count). The Labute approximate surface area is 114 Å². The van der Waals surface area contributed by atoms with Gasteiger partial charge in [-0.15, -0.1) is 0 Å². The van der Waals surface area contributed by atoms with Gasteiger partial charge in [0.15, 0.2) is 0 Å². The van der Waals surface area contributed by atoms with E-state index in [-0.39, 0.29) is 0 Å². The van der Waals surface area contributed by atoms with Crippen LogP contribution in [-0.2, 0) is 11.2 Å². The zero-order valence-corrected chi connectivity index (χ0v) is 11.8. The standard InChI is InChI=1S/C13H14BrClO2/c1-9(8-15)6-11(13(16)17)7-10-2-4-12(14)5-3-10/h2-5,8,11H,6-7H2,1H3,(H,16,17)/b9-8-. The Morgan fingerprint density at radius 1 is 1.47 bits per heavy atom. The monoisotopic (exact) mass is 316 g/mol. The number of carboxylic acid groups (broad SMARTS) is 1. The first-order valence-electron chi connectivity index (χ1n) is 5.26. The SMILES string of the molecule is C/C(=C/Cl)CC(Cc1ccc(Br)cc1)C(=O)O. The first-order valence-corrected chi connectivity index (χ1v) is 6.49. The third kappa shape index (κ3) is 4.92. The van der Waals surface area contributed by atoms with Gasteiger partial charge in [-0.1, -0.05) is 45.2 Å². The summed E-state index contributed by atoms with van der Waals surface area (Å²) in [6.45, 7) is 1.84. The lowest BCUT2D eigenvalue weighted by atomic mass is 9.93. The molecule has 0 aliphatic rings. The normalized spacial score (nSPS) is 13.5. The van der Waals surface area contributed by atoms with Gasteiger partial charge in [0, 0.05) is 10.0 Å². The maximum absolute atomic E-state index is 11.1. The number of rotatable bonds is 5. The van der Waals surface area contributed by atoms with Crippen molar-refractivity contribution in [2.24, 2.45) is 5.92 Å². The van der Waals surface area contributed by atoms with Crippen LogP contribution in [0.2, 0.25) is 0 Å². The first kappa shape index (κ1) is 14.3. The molecule has 1 aromatic rings. The Balaban J connectivity index is 2.73. The second kappa shape index (κ2) is 6.82. The highest BCUT2D eigenvalue weighted by Gasteiger charge is 2.18. The molecule has 2 nitrogen and oxygen atoms in total. The minimum Gasteiger partial charge on any atom is -0.481 e. The zero-order chi connectivity index (χ0) is 12.8. The van der Waals surface area contributed by atoms with Gasteiger partial charge < -0.3 is 5.11 Å². The molecule has 0 saturated heterocycles. The third-order valence-corrected chi connectivity index (χ3v) is 3.40. The Morgan fingerprint density at radius 2 is 2.06 bits per heavy atom. The van der Waals surface area contributed by atoms with Crippen molar-refractivity contribution in [2.75, 3.05) is 0 Å². The van der Waals surface area contributed by atoms with Crippen LogP contribution in [0.25, 0.3) is 0 Å². The molecule has 0 fully saturated rings. The second-order valence-corrected chi connectivity index (χ2v) is 5.16. The molecule has 0 aliphatic carbocycles. The van der Waals surface area contributed by atoms with E-state index in [1.165, 1.54) is 5.54 Å². The van der Waals surface area contributed by atoms with Crippen LogP contribution in [0, 0.1) is 5.92 Å². The molecule has 0 amide bonds. The Bertz CT molecular complexity index is 412. The van der Waals surface area contributed by atoms with E-state index in [9.17, 15) is 4.79 Å². The van der Waals surface area contributed by atoms with Crippen molar-refractivity contribution < 1.29 is 9.90 Å². The molecule has 17 heavy (non-hydrogen) atoms. The molecule has 92 valence electrons. The number of benzene rings is 1. The second-order valence-electron chi connectivity index (χ2n) is 4.03. The molecular weight excluding hydrogens is 303 g/mol. The maximum atomic E-state index is 11.1. The number of hydrogen-bond acceptors (Lipinski definition) is 1. The van der Waals surface area contributed by atoms with E-state index in [1.54, 1.807) is 0 Å². The van der Waals surface area contributed by atoms with Crippen molar-refractivity contribution in [3.8, 4) is 0 Å². The van der Waals surface area contributed by atoms with Gasteiger partial charge in [-0.05, 0) is 37.5 Å². The van der Waals surface area contributed by atoms with Crippen LogP contribution in [0.5, 0.6) is 0 Å². The predicted molar refractivity (Wildman–Crippen MR) is 73.2 cm³/mol. The molecule has 1 aromatic carbocycles.